The molecule has 0 bridgehead atoms. The number of aromatic hydroxyl groups is 2. The summed E-state index contributed by atoms with van der Waals surface area (Å²) in [6, 6.07) is 5.96. The van der Waals surface area contributed by atoms with Gasteiger partial charge in [0.05, 0.1) is 27.6 Å². The van der Waals surface area contributed by atoms with Crippen molar-refractivity contribution < 1.29 is 20.1 Å². The van der Waals surface area contributed by atoms with Gasteiger partial charge in [0.1, 0.15) is 0 Å². The summed E-state index contributed by atoms with van der Waals surface area (Å²) in [5.74, 6) is -1.40. The van der Waals surface area contributed by atoms with E-state index in [0.717, 1.165) is 19.3 Å². The van der Waals surface area contributed by atoms with Gasteiger partial charge in [-0.25, -0.2) is 14.8 Å². The molecule has 0 fully saturated rings. The van der Waals surface area contributed by atoms with E-state index in [2.05, 4.69) is 16.9 Å². The lowest BCUT2D eigenvalue weighted by atomic mass is 10.0. The topological polar surface area (TPSA) is 104 Å². The SMILES string of the molecule is CCCCCCCCCCCc1c(O)c(O)cc2nc3cc(C(=O)O)ccc3nc12. The van der Waals surface area contributed by atoms with Gasteiger partial charge in [0.15, 0.2) is 11.5 Å². The van der Waals surface area contributed by atoms with E-state index < -0.39 is 5.97 Å². The Morgan fingerprint density at radius 1 is 0.833 bits per heavy atom. The van der Waals surface area contributed by atoms with Crippen molar-refractivity contribution in [2.45, 2.75) is 71.1 Å². The smallest absolute Gasteiger partial charge is 0.335 e. The van der Waals surface area contributed by atoms with Crippen molar-refractivity contribution in [3.8, 4) is 11.5 Å². The second-order valence-electron chi connectivity index (χ2n) is 7.90. The molecule has 0 spiro atoms. The second kappa shape index (κ2) is 10.2. The number of benzene rings is 2. The Labute approximate surface area is 176 Å². The maximum atomic E-state index is 11.2. The fraction of sp³-hybridized carbons (Fsp3) is 0.458. The first-order valence-electron chi connectivity index (χ1n) is 10.9. The minimum atomic E-state index is -1.03. The predicted molar refractivity (Wildman–Crippen MR) is 118 cm³/mol. The van der Waals surface area contributed by atoms with Crippen molar-refractivity contribution in [3.05, 3.63) is 35.4 Å². The number of fused-ring (bicyclic) bond motifs is 2. The molecule has 0 radical (unpaired) electrons. The molecular formula is C24H30N2O4. The van der Waals surface area contributed by atoms with Crippen LogP contribution >= 0.6 is 0 Å². The summed E-state index contributed by atoms with van der Waals surface area (Å²) in [6.45, 7) is 2.22. The highest BCUT2D eigenvalue weighted by Gasteiger charge is 2.16. The van der Waals surface area contributed by atoms with E-state index in [1.165, 1.54) is 56.7 Å². The third-order valence-corrected chi connectivity index (χ3v) is 5.56. The van der Waals surface area contributed by atoms with Gasteiger partial charge in [-0.05, 0) is 31.0 Å². The van der Waals surface area contributed by atoms with E-state index in [9.17, 15) is 20.1 Å². The van der Waals surface area contributed by atoms with Crippen LogP contribution in [0, 0.1) is 0 Å². The molecule has 3 aromatic rings. The lowest BCUT2D eigenvalue weighted by molar-refractivity contribution is 0.0697. The zero-order valence-electron chi connectivity index (χ0n) is 17.5. The summed E-state index contributed by atoms with van der Waals surface area (Å²) in [5, 5.41) is 29.7. The Balaban J connectivity index is 1.72. The highest BCUT2D eigenvalue weighted by atomic mass is 16.4. The van der Waals surface area contributed by atoms with Crippen molar-refractivity contribution in [1.82, 2.24) is 9.97 Å². The summed E-state index contributed by atoms with van der Waals surface area (Å²) in [7, 11) is 0. The molecule has 0 atom stereocenters. The molecule has 0 aliphatic heterocycles. The zero-order valence-corrected chi connectivity index (χ0v) is 17.5. The van der Waals surface area contributed by atoms with E-state index in [4.69, 9.17) is 0 Å². The largest absolute Gasteiger partial charge is 0.504 e. The number of aromatic carboxylic acids is 1. The minimum absolute atomic E-state index is 0.133. The summed E-state index contributed by atoms with van der Waals surface area (Å²) in [6.07, 6.45) is 11.4. The van der Waals surface area contributed by atoms with Gasteiger partial charge in [-0.3, -0.25) is 0 Å². The van der Waals surface area contributed by atoms with Gasteiger partial charge in [-0.15, -0.1) is 0 Å². The van der Waals surface area contributed by atoms with Crippen molar-refractivity contribution >= 4 is 28.0 Å². The van der Waals surface area contributed by atoms with Crippen LogP contribution in [0.1, 0.15) is 80.6 Å². The Hall–Kier alpha value is -2.89. The summed E-state index contributed by atoms with van der Waals surface area (Å²) < 4.78 is 0. The van der Waals surface area contributed by atoms with Crippen molar-refractivity contribution in [2.75, 3.05) is 0 Å². The number of phenolic OH excluding ortho intramolecular Hbond substituents is 2. The van der Waals surface area contributed by atoms with E-state index in [0.29, 0.717) is 34.1 Å². The molecule has 0 saturated heterocycles. The normalized spacial score (nSPS) is 11.4. The molecule has 3 rings (SSSR count). The lowest BCUT2D eigenvalue weighted by Gasteiger charge is -2.11. The number of carboxylic acid groups (broad SMARTS) is 1. The monoisotopic (exact) mass is 410 g/mol. The fourth-order valence-corrected chi connectivity index (χ4v) is 3.84. The quantitative estimate of drug-likeness (QED) is 0.204. The number of aryl methyl sites for hydroxylation is 1. The maximum absolute atomic E-state index is 11.2. The van der Waals surface area contributed by atoms with Gasteiger partial charge in [0.25, 0.3) is 0 Å². The Morgan fingerprint density at radius 3 is 2.17 bits per heavy atom. The van der Waals surface area contributed by atoms with Crippen molar-refractivity contribution in [1.29, 1.82) is 0 Å². The van der Waals surface area contributed by atoms with Gasteiger partial charge in [0.2, 0.25) is 0 Å². The number of phenols is 2. The van der Waals surface area contributed by atoms with Crippen LogP contribution in [0.15, 0.2) is 24.3 Å². The number of nitrogens with zero attached hydrogens (tertiary/aromatic N) is 2. The van der Waals surface area contributed by atoms with E-state index in [-0.39, 0.29) is 17.1 Å². The number of carbonyl (C=O) groups is 1. The number of unbranched alkanes of at least 4 members (excludes halogenated alkanes) is 8. The molecule has 6 nitrogen and oxygen atoms in total. The van der Waals surface area contributed by atoms with Gasteiger partial charge < -0.3 is 15.3 Å². The van der Waals surface area contributed by atoms with E-state index in [1.54, 1.807) is 6.07 Å². The third-order valence-electron chi connectivity index (χ3n) is 5.56. The molecule has 160 valence electrons. The number of carboxylic acids is 1. The van der Waals surface area contributed by atoms with Crippen LogP contribution in [0.5, 0.6) is 11.5 Å². The number of hydrogen-bond acceptors (Lipinski definition) is 5. The molecule has 1 heterocycles. The van der Waals surface area contributed by atoms with E-state index in [1.807, 2.05) is 0 Å². The van der Waals surface area contributed by atoms with Crippen LogP contribution < -0.4 is 0 Å². The highest BCUT2D eigenvalue weighted by molar-refractivity contribution is 5.95. The van der Waals surface area contributed by atoms with Crippen LogP contribution in [0.2, 0.25) is 0 Å². The highest BCUT2D eigenvalue weighted by Crippen LogP contribution is 2.36. The Kier molecular flexibility index (Phi) is 7.44. The van der Waals surface area contributed by atoms with Crippen LogP contribution in [0.4, 0.5) is 0 Å². The summed E-state index contributed by atoms with van der Waals surface area (Å²) >= 11 is 0. The van der Waals surface area contributed by atoms with Gasteiger partial charge >= 0.3 is 5.97 Å². The third kappa shape index (κ3) is 5.17. The van der Waals surface area contributed by atoms with Gasteiger partial charge in [0, 0.05) is 11.6 Å². The Morgan fingerprint density at radius 2 is 1.50 bits per heavy atom. The number of rotatable bonds is 11. The molecule has 2 aromatic carbocycles. The van der Waals surface area contributed by atoms with Gasteiger partial charge in [-0.1, -0.05) is 58.3 Å². The molecule has 0 aliphatic rings. The first-order valence-corrected chi connectivity index (χ1v) is 10.9. The van der Waals surface area contributed by atoms with Gasteiger partial charge in [-0.2, -0.15) is 0 Å². The molecule has 0 amide bonds. The maximum Gasteiger partial charge on any atom is 0.335 e. The summed E-state index contributed by atoms with van der Waals surface area (Å²) in [4.78, 5) is 20.3. The van der Waals surface area contributed by atoms with E-state index >= 15 is 0 Å². The van der Waals surface area contributed by atoms with Crippen LogP contribution in [-0.4, -0.2) is 31.3 Å². The predicted octanol–water partition coefficient (Wildman–Crippen LogP) is 5.97. The average Bonchev–Trinajstić information content (AvgIpc) is 2.73. The van der Waals surface area contributed by atoms with Crippen molar-refractivity contribution in [3.63, 3.8) is 0 Å². The van der Waals surface area contributed by atoms with Crippen molar-refractivity contribution in [2.24, 2.45) is 0 Å². The average molecular weight is 411 g/mol. The minimum Gasteiger partial charge on any atom is -0.504 e. The first kappa shape index (κ1) is 21.8. The molecular weight excluding hydrogens is 380 g/mol. The summed E-state index contributed by atoms with van der Waals surface area (Å²) in [5.41, 5.74) is 2.75. The van der Waals surface area contributed by atoms with Crippen LogP contribution in [0.3, 0.4) is 0 Å². The number of hydrogen-bond donors (Lipinski definition) is 3. The first-order chi connectivity index (χ1) is 14.5. The molecule has 1 aromatic heterocycles. The molecule has 30 heavy (non-hydrogen) atoms. The number of aromatic nitrogens is 2. The molecule has 0 unspecified atom stereocenters. The molecule has 0 saturated carbocycles. The lowest BCUT2D eigenvalue weighted by Crippen LogP contribution is -1.99. The molecule has 3 N–H and O–H groups in total. The van der Waals surface area contributed by atoms with Crippen LogP contribution in [0.25, 0.3) is 22.1 Å². The molecule has 0 aliphatic carbocycles. The fourth-order valence-electron chi connectivity index (χ4n) is 3.84. The second-order valence-corrected chi connectivity index (χ2v) is 7.90. The zero-order chi connectivity index (χ0) is 21.5. The standard InChI is InChI=1S/C24H30N2O4/c1-2-3-4-5-6-7-8-9-10-11-17-22-20(15-21(27)23(17)28)25-19-14-16(24(29)30)12-13-18(19)26-22/h12-15,27-28H,2-11H2,1H3,(H,29,30). The van der Waals surface area contributed by atoms with Crippen LogP contribution in [-0.2, 0) is 6.42 Å². The molecule has 6 heteroatoms. The Bertz CT molecular complexity index is 1030.